The molecule has 25 heavy (non-hydrogen) atoms. The molecule has 0 spiro atoms. The normalized spacial score (nSPS) is 12.4. The van der Waals surface area contributed by atoms with Gasteiger partial charge in [-0.1, -0.05) is 39.0 Å². The Bertz CT molecular complexity index is 817. The first kappa shape index (κ1) is 18.9. The van der Waals surface area contributed by atoms with Crippen LogP contribution < -0.4 is 4.74 Å². The minimum Gasteiger partial charge on any atom is -0.497 e. The molecule has 2 aromatic rings. The molecule has 0 saturated carbocycles. The Morgan fingerprint density at radius 1 is 1.44 bits per heavy atom. The molecule has 1 heterocycles. The third kappa shape index (κ3) is 4.17. The lowest BCUT2D eigenvalue weighted by Gasteiger charge is -2.11. The van der Waals surface area contributed by atoms with Crippen molar-refractivity contribution in [2.45, 2.75) is 46.6 Å². The van der Waals surface area contributed by atoms with Gasteiger partial charge in [0.15, 0.2) is 0 Å². The first-order chi connectivity index (χ1) is 12.0. The van der Waals surface area contributed by atoms with Gasteiger partial charge in [-0.25, -0.2) is 0 Å². The quantitative estimate of drug-likeness (QED) is 0.416. The third-order valence-electron chi connectivity index (χ3n) is 4.65. The Kier molecular flexibility index (Phi) is 6.53. The highest BCUT2D eigenvalue weighted by Gasteiger charge is 2.16. The molecule has 0 bridgehead atoms. The lowest BCUT2D eigenvalue weighted by molar-refractivity contribution is 0.415. The first-order valence-electron chi connectivity index (χ1n) is 9.01. The number of terminal acetylenes is 1. The Hall–Kier alpha value is -2.40. The fraction of sp³-hybridized carbons (Fsp3) is 0.391. The van der Waals surface area contributed by atoms with Crippen molar-refractivity contribution in [1.82, 2.24) is 4.57 Å². The van der Waals surface area contributed by atoms with E-state index >= 15 is 0 Å². The molecule has 0 N–H and O–H groups in total. The number of hydrogen-bond donors (Lipinski definition) is 0. The van der Waals surface area contributed by atoms with Crippen molar-refractivity contribution >= 4 is 22.6 Å². The summed E-state index contributed by atoms with van der Waals surface area (Å²) in [5.41, 5.74) is 4.68. The van der Waals surface area contributed by atoms with Gasteiger partial charge in [0.1, 0.15) is 5.75 Å². The molecule has 2 nitrogen and oxygen atoms in total. The molecule has 0 radical (unpaired) electrons. The van der Waals surface area contributed by atoms with Gasteiger partial charge in [-0.2, -0.15) is 0 Å². The van der Waals surface area contributed by atoms with E-state index in [1.807, 2.05) is 6.07 Å². The van der Waals surface area contributed by atoms with E-state index in [-0.39, 0.29) is 0 Å². The summed E-state index contributed by atoms with van der Waals surface area (Å²) >= 11 is 0. The number of rotatable bonds is 8. The molecule has 0 saturated heterocycles. The molecule has 0 aliphatic carbocycles. The summed E-state index contributed by atoms with van der Waals surface area (Å²) in [4.78, 5) is 0. The van der Waals surface area contributed by atoms with Crippen molar-refractivity contribution in [2.24, 2.45) is 5.92 Å². The molecule has 132 valence electrons. The number of allylic oxidation sites excluding steroid dienone is 2. The molecule has 0 amide bonds. The van der Waals surface area contributed by atoms with Gasteiger partial charge in [-0.05, 0) is 37.0 Å². The summed E-state index contributed by atoms with van der Waals surface area (Å²) in [7, 11) is 1.70. The average molecular weight is 335 g/mol. The minimum atomic E-state index is 0.552. The van der Waals surface area contributed by atoms with Gasteiger partial charge in [-0.3, -0.25) is 0 Å². The SMILES string of the molecule is C#CCCCn1c(C(=C)C)c(/C=C\C(C)CC)c2ccc(OC)cc21. The highest BCUT2D eigenvalue weighted by Crippen LogP contribution is 2.34. The number of benzene rings is 1. The molecular weight excluding hydrogens is 306 g/mol. The highest BCUT2D eigenvalue weighted by atomic mass is 16.5. The van der Waals surface area contributed by atoms with Gasteiger partial charge in [0.05, 0.1) is 18.3 Å². The van der Waals surface area contributed by atoms with Crippen molar-refractivity contribution in [3.05, 3.63) is 42.1 Å². The van der Waals surface area contributed by atoms with Crippen molar-refractivity contribution in [1.29, 1.82) is 0 Å². The maximum Gasteiger partial charge on any atom is 0.120 e. The monoisotopic (exact) mass is 335 g/mol. The number of ether oxygens (including phenoxy) is 1. The van der Waals surface area contributed by atoms with Gasteiger partial charge < -0.3 is 9.30 Å². The summed E-state index contributed by atoms with van der Waals surface area (Å²) in [6.45, 7) is 11.6. The number of unbranched alkanes of at least 4 members (excludes halogenated alkanes) is 1. The molecule has 0 fully saturated rings. The van der Waals surface area contributed by atoms with Crippen molar-refractivity contribution in [2.75, 3.05) is 7.11 Å². The minimum absolute atomic E-state index is 0.552. The van der Waals surface area contributed by atoms with Crippen LogP contribution in [0.5, 0.6) is 5.75 Å². The van der Waals surface area contributed by atoms with E-state index in [9.17, 15) is 0 Å². The van der Waals surface area contributed by atoms with Gasteiger partial charge in [0.2, 0.25) is 0 Å². The number of hydrogen-bond acceptors (Lipinski definition) is 1. The second-order valence-corrected chi connectivity index (χ2v) is 6.63. The summed E-state index contributed by atoms with van der Waals surface area (Å²) in [6.07, 6.45) is 12.8. The zero-order valence-corrected chi connectivity index (χ0v) is 15.9. The lowest BCUT2D eigenvalue weighted by atomic mass is 10.0. The van der Waals surface area contributed by atoms with Crippen molar-refractivity contribution in [3.8, 4) is 18.1 Å². The van der Waals surface area contributed by atoms with Crippen LogP contribution in [-0.2, 0) is 6.54 Å². The second kappa shape index (κ2) is 8.62. The number of aryl methyl sites for hydroxylation is 1. The predicted molar refractivity (Wildman–Crippen MR) is 110 cm³/mol. The summed E-state index contributed by atoms with van der Waals surface area (Å²) in [5.74, 6) is 4.16. The summed E-state index contributed by atoms with van der Waals surface area (Å²) in [5, 5.41) is 1.24. The van der Waals surface area contributed by atoms with Gasteiger partial charge >= 0.3 is 0 Å². The zero-order chi connectivity index (χ0) is 18.4. The molecule has 1 aromatic carbocycles. The van der Waals surface area contributed by atoms with Crippen LogP contribution in [0.15, 0.2) is 30.9 Å². The first-order valence-corrected chi connectivity index (χ1v) is 9.01. The third-order valence-corrected chi connectivity index (χ3v) is 4.65. The van der Waals surface area contributed by atoms with Crippen LogP contribution in [-0.4, -0.2) is 11.7 Å². The standard InChI is InChI=1S/C23H29NO/c1-7-9-10-15-24-22-16-19(25-6)12-14-20(22)21(23(24)17(3)4)13-11-18(5)8-2/h1,11-14,16,18H,3,8-10,15H2,2,4-6H3/b13-11-. The van der Waals surface area contributed by atoms with E-state index in [2.05, 4.69) is 62.1 Å². The van der Waals surface area contributed by atoms with Gasteiger partial charge in [0.25, 0.3) is 0 Å². The molecule has 1 atom stereocenters. The van der Waals surface area contributed by atoms with Crippen LogP contribution in [0.2, 0.25) is 0 Å². The van der Waals surface area contributed by atoms with Crippen LogP contribution in [0.1, 0.15) is 51.3 Å². The Morgan fingerprint density at radius 3 is 2.80 bits per heavy atom. The van der Waals surface area contributed by atoms with Gasteiger partial charge in [0, 0.05) is 30.0 Å². The second-order valence-electron chi connectivity index (χ2n) is 6.63. The molecular formula is C23H29NO. The summed E-state index contributed by atoms with van der Waals surface area (Å²) < 4.78 is 7.78. The predicted octanol–water partition coefficient (Wildman–Crippen LogP) is 6.16. The Labute approximate surface area is 152 Å². The molecule has 1 unspecified atom stereocenters. The lowest BCUT2D eigenvalue weighted by Crippen LogP contribution is -2.02. The molecule has 0 aliphatic heterocycles. The largest absolute Gasteiger partial charge is 0.497 e. The fourth-order valence-corrected chi connectivity index (χ4v) is 3.08. The number of fused-ring (bicyclic) bond motifs is 1. The molecule has 2 heteroatoms. The molecule has 2 rings (SSSR count). The van der Waals surface area contributed by atoms with Crippen molar-refractivity contribution in [3.63, 3.8) is 0 Å². The van der Waals surface area contributed by atoms with Crippen LogP contribution in [0.4, 0.5) is 0 Å². The maximum atomic E-state index is 5.44. The fourth-order valence-electron chi connectivity index (χ4n) is 3.08. The van der Waals surface area contributed by atoms with Gasteiger partial charge in [-0.15, -0.1) is 12.3 Å². The Morgan fingerprint density at radius 2 is 2.20 bits per heavy atom. The van der Waals surface area contributed by atoms with Crippen LogP contribution in [0, 0.1) is 18.3 Å². The zero-order valence-electron chi connectivity index (χ0n) is 15.9. The van der Waals surface area contributed by atoms with E-state index in [1.165, 1.54) is 22.2 Å². The number of nitrogens with zero attached hydrogens (tertiary/aromatic N) is 1. The van der Waals surface area contributed by atoms with Crippen LogP contribution in [0.25, 0.3) is 22.6 Å². The van der Waals surface area contributed by atoms with E-state index in [1.54, 1.807) is 7.11 Å². The highest BCUT2D eigenvalue weighted by molar-refractivity contribution is 5.96. The Balaban J connectivity index is 2.67. The van der Waals surface area contributed by atoms with E-state index in [0.717, 1.165) is 37.1 Å². The molecule has 0 aliphatic rings. The van der Waals surface area contributed by atoms with E-state index < -0.39 is 0 Å². The van der Waals surface area contributed by atoms with E-state index in [4.69, 9.17) is 11.2 Å². The smallest absolute Gasteiger partial charge is 0.120 e. The van der Waals surface area contributed by atoms with Crippen LogP contribution >= 0.6 is 0 Å². The average Bonchev–Trinajstić information content (AvgIpc) is 2.92. The van der Waals surface area contributed by atoms with E-state index in [0.29, 0.717) is 5.92 Å². The number of methoxy groups -OCH3 is 1. The maximum absolute atomic E-state index is 5.44. The van der Waals surface area contributed by atoms with Crippen molar-refractivity contribution < 1.29 is 4.74 Å². The summed E-state index contributed by atoms with van der Waals surface area (Å²) in [6, 6.07) is 6.28. The molecule has 1 aromatic heterocycles. The topological polar surface area (TPSA) is 14.2 Å². The van der Waals surface area contributed by atoms with Crippen LogP contribution in [0.3, 0.4) is 0 Å². The number of aromatic nitrogens is 1.